The van der Waals surface area contributed by atoms with Crippen LogP contribution < -0.4 is 4.74 Å². The van der Waals surface area contributed by atoms with E-state index in [0.717, 1.165) is 5.56 Å². The monoisotopic (exact) mass is 455 g/mol. The first kappa shape index (κ1) is 24.5. The molecule has 0 bridgehead atoms. The quantitative estimate of drug-likeness (QED) is 0.271. The number of hydrogen-bond acceptors (Lipinski definition) is 5. The number of likely N-dealkylation sites (tertiary alicyclic amines) is 1. The van der Waals surface area contributed by atoms with Crippen LogP contribution in [0.15, 0.2) is 42.0 Å². The molecule has 6 nitrogen and oxygen atoms in total. The van der Waals surface area contributed by atoms with Gasteiger partial charge in [0.25, 0.3) is 11.7 Å². The van der Waals surface area contributed by atoms with E-state index in [1.165, 1.54) is 17.0 Å². The number of hydrogen-bond donors (Lipinski definition) is 1. The number of benzene rings is 2. The van der Waals surface area contributed by atoms with Crippen molar-refractivity contribution in [2.45, 2.75) is 46.3 Å². The van der Waals surface area contributed by atoms with Gasteiger partial charge < -0.3 is 19.5 Å². The highest BCUT2D eigenvalue weighted by Crippen LogP contribution is 2.41. The van der Waals surface area contributed by atoms with Gasteiger partial charge in [0.05, 0.1) is 24.8 Å². The standard InChI is InChI=1S/C26H30FNO5/c1-15(2)33-12-8-11-28-23(18-9-6-7-10-20(18)27)22(25(30)26(28)31)24(29)19-13-17(4)21(32-5)14-16(19)3/h6-7,9-10,13-15,23,29H,8,11-12H2,1-5H3/b24-22+. The Balaban J connectivity index is 2.12. The normalized spacial score (nSPS) is 17.8. The molecule has 0 radical (unpaired) electrons. The minimum atomic E-state index is -1.04. The highest BCUT2D eigenvalue weighted by molar-refractivity contribution is 6.46. The molecule has 1 fully saturated rings. The lowest BCUT2D eigenvalue weighted by atomic mass is 9.93. The molecule has 1 unspecified atom stereocenters. The van der Waals surface area contributed by atoms with Crippen LogP contribution in [0.5, 0.6) is 5.75 Å². The zero-order valence-electron chi connectivity index (χ0n) is 19.6. The molecule has 0 aliphatic carbocycles. The molecule has 1 N–H and O–H groups in total. The second kappa shape index (κ2) is 10.2. The third-order valence-corrected chi connectivity index (χ3v) is 5.73. The summed E-state index contributed by atoms with van der Waals surface area (Å²) < 4.78 is 25.7. The summed E-state index contributed by atoms with van der Waals surface area (Å²) in [4.78, 5) is 27.4. The summed E-state index contributed by atoms with van der Waals surface area (Å²) in [6, 6.07) is 8.41. The number of carbonyl (C=O) groups excluding carboxylic acids is 2. The first-order chi connectivity index (χ1) is 15.7. The Morgan fingerprint density at radius 1 is 1.15 bits per heavy atom. The van der Waals surface area contributed by atoms with E-state index < -0.39 is 23.5 Å². The van der Waals surface area contributed by atoms with E-state index in [1.54, 1.807) is 38.3 Å². The maximum atomic E-state index is 14.8. The summed E-state index contributed by atoms with van der Waals surface area (Å²) in [5.41, 5.74) is 1.86. The van der Waals surface area contributed by atoms with E-state index in [4.69, 9.17) is 9.47 Å². The molecule has 2 aromatic carbocycles. The number of Topliss-reactive ketones (excluding diaryl/α,β-unsaturated/α-hetero) is 1. The van der Waals surface area contributed by atoms with Gasteiger partial charge in [0.1, 0.15) is 17.3 Å². The molecule has 2 aromatic rings. The second-order valence-corrected chi connectivity index (χ2v) is 8.42. The van der Waals surface area contributed by atoms with Crippen molar-refractivity contribution >= 4 is 17.4 Å². The van der Waals surface area contributed by atoms with Crippen molar-refractivity contribution in [3.8, 4) is 5.75 Å². The Morgan fingerprint density at radius 2 is 1.85 bits per heavy atom. The van der Waals surface area contributed by atoms with Crippen LogP contribution in [0.1, 0.15) is 48.6 Å². The fraction of sp³-hybridized carbons (Fsp3) is 0.385. The van der Waals surface area contributed by atoms with E-state index in [9.17, 15) is 19.1 Å². The van der Waals surface area contributed by atoms with Crippen LogP contribution in [0.3, 0.4) is 0 Å². The topological polar surface area (TPSA) is 76.1 Å². The van der Waals surface area contributed by atoms with Crippen molar-refractivity contribution in [2.75, 3.05) is 20.3 Å². The number of carbonyl (C=O) groups is 2. The van der Waals surface area contributed by atoms with Crippen LogP contribution >= 0.6 is 0 Å². The van der Waals surface area contributed by atoms with Gasteiger partial charge in [-0.25, -0.2) is 4.39 Å². The third kappa shape index (κ3) is 4.93. The molecule has 1 heterocycles. The fourth-order valence-electron chi connectivity index (χ4n) is 4.09. The molecule has 176 valence electrons. The van der Waals surface area contributed by atoms with Crippen molar-refractivity contribution in [1.82, 2.24) is 4.90 Å². The second-order valence-electron chi connectivity index (χ2n) is 8.42. The fourth-order valence-corrected chi connectivity index (χ4v) is 4.09. The van der Waals surface area contributed by atoms with Gasteiger partial charge in [-0.2, -0.15) is 0 Å². The molecule has 1 aliphatic heterocycles. The van der Waals surface area contributed by atoms with Gasteiger partial charge in [0.15, 0.2) is 0 Å². The van der Waals surface area contributed by atoms with Crippen LogP contribution in [-0.4, -0.2) is 48.1 Å². The maximum Gasteiger partial charge on any atom is 0.295 e. The molecule has 0 saturated carbocycles. The predicted octanol–water partition coefficient (Wildman–Crippen LogP) is 4.69. The minimum absolute atomic E-state index is 0.0315. The number of aryl methyl sites for hydroxylation is 2. The lowest BCUT2D eigenvalue weighted by molar-refractivity contribution is -0.140. The highest BCUT2D eigenvalue weighted by Gasteiger charge is 2.46. The van der Waals surface area contributed by atoms with Crippen molar-refractivity contribution in [2.24, 2.45) is 0 Å². The zero-order chi connectivity index (χ0) is 24.3. The number of aliphatic hydroxyl groups is 1. The van der Waals surface area contributed by atoms with Crippen LogP contribution in [0, 0.1) is 19.7 Å². The Morgan fingerprint density at radius 3 is 2.48 bits per heavy atom. The van der Waals surface area contributed by atoms with E-state index >= 15 is 0 Å². The molecule has 7 heteroatoms. The van der Waals surface area contributed by atoms with Gasteiger partial charge in [0.2, 0.25) is 0 Å². The first-order valence-electron chi connectivity index (χ1n) is 11.0. The number of amides is 1. The molecule has 1 aliphatic rings. The average molecular weight is 456 g/mol. The van der Waals surface area contributed by atoms with Crippen LogP contribution in [0.25, 0.3) is 5.76 Å². The Labute approximate surface area is 193 Å². The number of rotatable bonds is 8. The van der Waals surface area contributed by atoms with Gasteiger partial charge in [-0.3, -0.25) is 9.59 Å². The van der Waals surface area contributed by atoms with Crippen LogP contribution in [-0.2, 0) is 14.3 Å². The number of halogens is 1. The molecular formula is C26H30FNO5. The zero-order valence-corrected chi connectivity index (χ0v) is 19.6. The molecule has 0 spiro atoms. The first-order valence-corrected chi connectivity index (χ1v) is 11.0. The van der Waals surface area contributed by atoms with E-state index in [2.05, 4.69) is 0 Å². The van der Waals surface area contributed by atoms with Gasteiger partial charge in [0, 0.05) is 24.3 Å². The average Bonchev–Trinajstić information content (AvgIpc) is 3.02. The highest BCUT2D eigenvalue weighted by atomic mass is 19.1. The SMILES string of the molecule is COc1cc(C)c(/C(O)=C2\C(=O)C(=O)N(CCCOC(C)C)C2c2ccccc2F)cc1C. The predicted molar refractivity (Wildman–Crippen MR) is 124 cm³/mol. The number of ketones is 1. The van der Waals surface area contributed by atoms with E-state index in [-0.39, 0.29) is 29.5 Å². The maximum absolute atomic E-state index is 14.8. The van der Waals surface area contributed by atoms with Gasteiger partial charge >= 0.3 is 0 Å². The number of methoxy groups -OCH3 is 1. The Hall–Kier alpha value is -3.19. The van der Waals surface area contributed by atoms with Crippen molar-refractivity contribution in [3.63, 3.8) is 0 Å². The van der Waals surface area contributed by atoms with Crippen LogP contribution in [0.2, 0.25) is 0 Å². The van der Waals surface area contributed by atoms with Gasteiger partial charge in [-0.15, -0.1) is 0 Å². The number of ether oxygens (including phenoxy) is 2. The third-order valence-electron chi connectivity index (χ3n) is 5.73. The minimum Gasteiger partial charge on any atom is -0.507 e. The lowest BCUT2D eigenvalue weighted by Crippen LogP contribution is -2.31. The molecule has 1 amide bonds. The number of aliphatic hydroxyl groups excluding tert-OH is 1. The lowest BCUT2D eigenvalue weighted by Gasteiger charge is -2.26. The van der Waals surface area contributed by atoms with Crippen molar-refractivity contribution in [1.29, 1.82) is 0 Å². The largest absolute Gasteiger partial charge is 0.507 e. The summed E-state index contributed by atoms with van der Waals surface area (Å²) in [5, 5.41) is 11.3. The molecule has 33 heavy (non-hydrogen) atoms. The Kier molecular flexibility index (Phi) is 7.53. The van der Waals surface area contributed by atoms with E-state index in [0.29, 0.717) is 29.9 Å². The Bertz CT molecular complexity index is 1090. The van der Waals surface area contributed by atoms with E-state index in [1.807, 2.05) is 20.8 Å². The molecule has 0 aromatic heterocycles. The molecule has 1 saturated heterocycles. The van der Waals surface area contributed by atoms with Crippen molar-refractivity contribution in [3.05, 3.63) is 70.0 Å². The smallest absolute Gasteiger partial charge is 0.295 e. The van der Waals surface area contributed by atoms with Crippen LogP contribution in [0.4, 0.5) is 4.39 Å². The molecular weight excluding hydrogens is 425 g/mol. The number of nitrogens with zero attached hydrogens (tertiary/aromatic N) is 1. The van der Waals surface area contributed by atoms with Crippen molar-refractivity contribution < 1.29 is 28.6 Å². The van der Waals surface area contributed by atoms with Gasteiger partial charge in [-0.05, 0) is 63.4 Å². The summed E-state index contributed by atoms with van der Waals surface area (Å²) in [7, 11) is 1.55. The summed E-state index contributed by atoms with van der Waals surface area (Å²) >= 11 is 0. The molecule has 3 rings (SSSR count). The molecule has 1 atom stereocenters. The summed E-state index contributed by atoms with van der Waals surface area (Å²) in [5.74, 6) is -1.84. The van der Waals surface area contributed by atoms with Gasteiger partial charge in [-0.1, -0.05) is 18.2 Å². The summed E-state index contributed by atoms with van der Waals surface area (Å²) in [6.07, 6.45) is 0.501. The summed E-state index contributed by atoms with van der Waals surface area (Å²) in [6.45, 7) is 7.98.